The normalized spacial score (nSPS) is 14.0. The number of aromatic nitrogens is 2. The van der Waals surface area contributed by atoms with Crippen molar-refractivity contribution in [3.63, 3.8) is 0 Å². The monoisotopic (exact) mass is 231 g/mol. The minimum atomic E-state index is -0.356. The van der Waals surface area contributed by atoms with E-state index in [0.717, 1.165) is 24.6 Å². The third kappa shape index (κ3) is 1.98. The number of carbonyl (C=O) groups is 1. The van der Waals surface area contributed by atoms with Crippen molar-refractivity contribution in [3.05, 3.63) is 17.2 Å². The Balaban J connectivity index is 0.00000112. The number of esters is 1. The molecule has 1 aromatic heterocycles. The Labute approximate surface area is 94.2 Å². The zero-order valence-corrected chi connectivity index (χ0v) is 9.56. The van der Waals surface area contributed by atoms with Crippen LogP contribution in [0.2, 0.25) is 0 Å². The predicted octanol–water partition coefficient (Wildman–Crippen LogP) is 0.503. The van der Waals surface area contributed by atoms with Crippen LogP contribution in [0.15, 0.2) is 0 Å². The lowest BCUT2D eigenvalue weighted by atomic mass is 10.3. The summed E-state index contributed by atoms with van der Waals surface area (Å²) in [7, 11) is 1.37. The number of carbonyl (C=O) groups excluding carboxylic acids is 1. The van der Waals surface area contributed by atoms with Crippen molar-refractivity contribution in [1.29, 1.82) is 0 Å². The second kappa shape index (κ2) is 4.63. The van der Waals surface area contributed by atoms with Crippen molar-refractivity contribution in [3.8, 4) is 0 Å². The molecule has 2 heterocycles. The van der Waals surface area contributed by atoms with Gasteiger partial charge >= 0.3 is 5.97 Å². The van der Waals surface area contributed by atoms with Gasteiger partial charge in [-0.2, -0.15) is 0 Å². The van der Waals surface area contributed by atoms with E-state index < -0.39 is 0 Å². The van der Waals surface area contributed by atoms with E-state index in [1.807, 2.05) is 6.92 Å². The molecule has 0 aliphatic carbocycles. The summed E-state index contributed by atoms with van der Waals surface area (Å²) in [5, 5.41) is 3.21. The van der Waals surface area contributed by atoms with Crippen molar-refractivity contribution in [2.45, 2.75) is 20.0 Å². The molecule has 0 amide bonds. The number of fused-ring (bicyclic) bond motifs is 1. The van der Waals surface area contributed by atoms with Crippen molar-refractivity contribution in [2.24, 2.45) is 0 Å². The van der Waals surface area contributed by atoms with Crippen molar-refractivity contribution in [2.75, 3.05) is 13.7 Å². The Bertz CT molecular complexity index is 376. The molecule has 0 bridgehead atoms. The molecule has 84 valence electrons. The summed E-state index contributed by atoms with van der Waals surface area (Å²) in [5.41, 5.74) is 1.37. The fourth-order valence-corrected chi connectivity index (χ4v) is 1.74. The largest absolute Gasteiger partial charge is 0.464 e. The molecule has 0 unspecified atom stereocenters. The van der Waals surface area contributed by atoms with Gasteiger partial charge in [0.15, 0.2) is 5.69 Å². The van der Waals surface area contributed by atoms with Gasteiger partial charge in [-0.05, 0) is 6.92 Å². The van der Waals surface area contributed by atoms with Crippen LogP contribution in [0.5, 0.6) is 0 Å². The van der Waals surface area contributed by atoms with E-state index in [1.54, 1.807) is 0 Å². The summed E-state index contributed by atoms with van der Waals surface area (Å²) in [4.78, 5) is 15.6. The fourth-order valence-electron chi connectivity index (χ4n) is 1.74. The molecule has 2 rings (SSSR count). The molecule has 0 saturated heterocycles. The smallest absolute Gasteiger partial charge is 0.358 e. The summed E-state index contributed by atoms with van der Waals surface area (Å²) in [6, 6.07) is 0. The topological polar surface area (TPSA) is 56.1 Å². The number of nitrogens with one attached hydrogen (secondary N) is 1. The Kier molecular flexibility index (Phi) is 3.71. The number of rotatable bonds is 1. The van der Waals surface area contributed by atoms with Gasteiger partial charge in [0, 0.05) is 19.6 Å². The van der Waals surface area contributed by atoms with E-state index in [0.29, 0.717) is 12.2 Å². The highest BCUT2D eigenvalue weighted by Crippen LogP contribution is 2.14. The number of halogens is 1. The average molecular weight is 232 g/mol. The first-order chi connectivity index (χ1) is 6.74. The highest BCUT2D eigenvalue weighted by atomic mass is 35.5. The second-order valence-electron chi connectivity index (χ2n) is 3.27. The second-order valence-corrected chi connectivity index (χ2v) is 3.27. The van der Waals surface area contributed by atoms with E-state index in [2.05, 4.69) is 19.6 Å². The number of hydrogen-bond donors (Lipinski definition) is 1. The lowest BCUT2D eigenvalue weighted by molar-refractivity contribution is 0.0592. The van der Waals surface area contributed by atoms with Crippen LogP contribution < -0.4 is 5.32 Å². The molecule has 0 saturated carbocycles. The van der Waals surface area contributed by atoms with Crippen molar-refractivity contribution >= 4 is 18.4 Å². The van der Waals surface area contributed by atoms with E-state index in [1.165, 1.54) is 7.11 Å². The van der Waals surface area contributed by atoms with Crippen LogP contribution in [0, 0.1) is 6.92 Å². The zero-order valence-electron chi connectivity index (χ0n) is 8.74. The molecule has 0 fully saturated rings. The molecular formula is C9H14ClN3O2. The minimum Gasteiger partial charge on any atom is -0.464 e. The number of imidazole rings is 1. The summed E-state index contributed by atoms with van der Waals surface area (Å²) in [5.74, 6) is 0.521. The summed E-state index contributed by atoms with van der Waals surface area (Å²) in [6.07, 6.45) is 0. The first kappa shape index (κ1) is 12.0. The van der Waals surface area contributed by atoms with Crippen LogP contribution in [0.4, 0.5) is 0 Å². The van der Waals surface area contributed by atoms with Gasteiger partial charge in [-0.15, -0.1) is 12.4 Å². The van der Waals surface area contributed by atoms with Crippen LogP contribution >= 0.6 is 12.4 Å². The lowest BCUT2D eigenvalue weighted by Gasteiger charge is -2.17. The summed E-state index contributed by atoms with van der Waals surface area (Å²) < 4.78 is 6.73. The van der Waals surface area contributed by atoms with Gasteiger partial charge in [-0.1, -0.05) is 0 Å². The van der Waals surface area contributed by atoms with Gasteiger partial charge in [-0.25, -0.2) is 9.78 Å². The molecule has 6 heteroatoms. The maximum Gasteiger partial charge on any atom is 0.358 e. The first-order valence-electron chi connectivity index (χ1n) is 4.59. The number of hydrogen-bond acceptors (Lipinski definition) is 4. The molecule has 1 aliphatic rings. The van der Waals surface area contributed by atoms with Gasteiger partial charge in [-0.3, -0.25) is 0 Å². The molecule has 0 atom stereocenters. The number of aryl methyl sites for hydroxylation is 1. The van der Waals surface area contributed by atoms with Gasteiger partial charge in [0.25, 0.3) is 0 Å². The van der Waals surface area contributed by atoms with E-state index in [-0.39, 0.29) is 18.4 Å². The molecule has 5 nitrogen and oxygen atoms in total. The third-order valence-corrected chi connectivity index (χ3v) is 2.45. The Morgan fingerprint density at radius 1 is 1.60 bits per heavy atom. The average Bonchev–Trinajstić information content (AvgIpc) is 2.56. The minimum absolute atomic E-state index is 0. The van der Waals surface area contributed by atoms with E-state index in [9.17, 15) is 4.79 Å². The van der Waals surface area contributed by atoms with Gasteiger partial charge < -0.3 is 14.6 Å². The lowest BCUT2D eigenvalue weighted by Crippen LogP contribution is -2.29. The fraction of sp³-hybridized carbons (Fsp3) is 0.556. The van der Waals surface area contributed by atoms with Crippen LogP contribution in [-0.4, -0.2) is 29.2 Å². The SMILES string of the molecule is COC(=O)c1nc(C)n2c1CNCC2.Cl. The number of nitrogens with zero attached hydrogens (tertiary/aromatic N) is 2. The van der Waals surface area contributed by atoms with E-state index in [4.69, 9.17) is 0 Å². The highest BCUT2D eigenvalue weighted by Gasteiger charge is 2.22. The van der Waals surface area contributed by atoms with Gasteiger partial charge in [0.2, 0.25) is 0 Å². The Hall–Kier alpha value is -1.07. The maximum absolute atomic E-state index is 11.4. The van der Waals surface area contributed by atoms with Crippen LogP contribution in [-0.2, 0) is 17.8 Å². The molecule has 1 aromatic rings. The Morgan fingerprint density at radius 3 is 3.00 bits per heavy atom. The van der Waals surface area contributed by atoms with Crippen LogP contribution in [0.1, 0.15) is 22.0 Å². The van der Waals surface area contributed by atoms with Gasteiger partial charge in [0.05, 0.1) is 12.8 Å². The standard InChI is InChI=1S/C9H13N3O2.ClH/c1-6-11-8(9(13)14-2)7-5-10-3-4-12(6)7;/h10H,3-5H2,1-2H3;1H. The molecule has 0 aromatic carbocycles. The van der Waals surface area contributed by atoms with Crippen molar-refractivity contribution < 1.29 is 9.53 Å². The molecule has 0 spiro atoms. The molecule has 0 radical (unpaired) electrons. The zero-order chi connectivity index (χ0) is 10.1. The Morgan fingerprint density at radius 2 is 2.33 bits per heavy atom. The summed E-state index contributed by atoms with van der Waals surface area (Å²) >= 11 is 0. The number of methoxy groups -OCH3 is 1. The molecule has 1 aliphatic heterocycles. The first-order valence-corrected chi connectivity index (χ1v) is 4.59. The maximum atomic E-state index is 11.4. The summed E-state index contributed by atoms with van der Waals surface area (Å²) in [6.45, 7) is 4.38. The van der Waals surface area contributed by atoms with Crippen molar-refractivity contribution in [1.82, 2.24) is 14.9 Å². The van der Waals surface area contributed by atoms with Crippen LogP contribution in [0.3, 0.4) is 0 Å². The quantitative estimate of drug-likeness (QED) is 0.716. The number of ether oxygens (including phenoxy) is 1. The van der Waals surface area contributed by atoms with Gasteiger partial charge in [0.1, 0.15) is 5.82 Å². The molecule has 1 N–H and O–H groups in total. The molecular weight excluding hydrogens is 218 g/mol. The van der Waals surface area contributed by atoms with E-state index >= 15 is 0 Å². The predicted molar refractivity (Wildman–Crippen MR) is 57.3 cm³/mol. The highest BCUT2D eigenvalue weighted by molar-refractivity contribution is 5.88. The van der Waals surface area contributed by atoms with Crippen LogP contribution in [0.25, 0.3) is 0 Å². The third-order valence-electron chi connectivity index (χ3n) is 2.45. The molecule has 15 heavy (non-hydrogen) atoms.